The van der Waals surface area contributed by atoms with Gasteiger partial charge in [0, 0.05) is 23.7 Å². The molecule has 1 fully saturated rings. The Kier molecular flexibility index (Phi) is 4.40. The number of nitrogens with zero attached hydrogens (tertiary/aromatic N) is 1. The van der Waals surface area contributed by atoms with E-state index in [9.17, 15) is 8.42 Å². The number of aryl methyl sites for hydroxylation is 1. The highest BCUT2D eigenvalue weighted by Crippen LogP contribution is 2.27. The summed E-state index contributed by atoms with van der Waals surface area (Å²) in [6.45, 7) is 4.11. The zero-order valence-corrected chi connectivity index (χ0v) is 14.2. The Hall–Kier alpha value is -1.53. The minimum absolute atomic E-state index is 0.371. The Morgan fingerprint density at radius 1 is 1.18 bits per heavy atom. The van der Waals surface area contributed by atoms with Crippen molar-refractivity contribution in [2.75, 3.05) is 22.7 Å². The number of sulfonamides is 1. The molecule has 1 aromatic heterocycles. The molecule has 0 spiro atoms. The third-order valence-electron chi connectivity index (χ3n) is 3.82. The van der Waals surface area contributed by atoms with Gasteiger partial charge in [-0.3, -0.25) is 4.72 Å². The lowest BCUT2D eigenvalue weighted by molar-refractivity contribution is 0.603. The van der Waals surface area contributed by atoms with E-state index in [4.69, 9.17) is 0 Å². The van der Waals surface area contributed by atoms with Crippen LogP contribution in [0.3, 0.4) is 0 Å². The van der Waals surface area contributed by atoms with E-state index in [0.29, 0.717) is 9.90 Å². The second-order valence-electron chi connectivity index (χ2n) is 5.42. The molecule has 3 rings (SSSR count). The number of anilines is 2. The summed E-state index contributed by atoms with van der Waals surface area (Å²) < 4.78 is 28.0. The van der Waals surface area contributed by atoms with E-state index in [1.165, 1.54) is 24.2 Å². The van der Waals surface area contributed by atoms with Crippen molar-refractivity contribution < 1.29 is 8.42 Å². The Morgan fingerprint density at radius 2 is 1.95 bits per heavy atom. The van der Waals surface area contributed by atoms with Crippen molar-refractivity contribution in [1.82, 2.24) is 0 Å². The van der Waals surface area contributed by atoms with Gasteiger partial charge < -0.3 is 4.90 Å². The predicted octanol–water partition coefficient (Wildman–Crippen LogP) is 3.71. The fourth-order valence-corrected chi connectivity index (χ4v) is 4.98. The van der Waals surface area contributed by atoms with Crippen LogP contribution in [0.25, 0.3) is 0 Å². The Morgan fingerprint density at radius 3 is 2.64 bits per heavy atom. The summed E-state index contributed by atoms with van der Waals surface area (Å²) in [6, 6.07) is 11.2. The van der Waals surface area contributed by atoms with Gasteiger partial charge in [0.05, 0.1) is 5.69 Å². The summed E-state index contributed by atoms with van der Waals surface area (Å²) in [6.07, 6.45) is 3.25. The molecular weight excluding hydrogens is 316 g/mol. The van der Waals surface area contributed by atoms with Crippen molar-refractivity contribution in [2.45, 2.75) is 30.4 Å². The van der Waals surface area contributed by atoms with Crippen molar-refractivity contribution in [3.05, 3.63) is 41.3 Å². The third kappa shape index (κ3) is 3.28. The highest BCUT2D eigenvalue weighted by Gasteiger charge is 2.18. The number of hydrogen-bond donors (Lipinski definition) is 1. The van der Waals surface area contributed by atoms with Crippen LogP contribution >= 0.6 is 11.3 Å². The van der Waals surface area contributed by atoms with E-state index >= 15 is 0 Å². The summed E-state index contributed by atoms with van der Waals surface area (Å²) in [5.74, 6) is 0. The van der Waals surface area contributed by atoms with Crippen LogP contribution in [-0.2, 0) is 16.4 Å². The molecule has 0 atom stereocenters. The molecule has 22 heavy (non-hydrogen) atoms. The van der Waals surface area contributed by atoms with Gasteiger partial charge in [0.1, 0.15) is 4.21 Å². The quantitative estimate of drug-likeness (QED) is 0.905. The third-order valence-corrected chi connectivity index (χ3v) is 6.92. The molecule has 0 amide bonds. The minimum Gasteiger partial charge on any atom is -0.371 e. The molecule has 1 aromatic carbocycles. The van der Waals surface area contributed by atoms with Crippen LogP contribution in [0.5, 0.6) is 0 Å². The molecule has 4 nitrogen and oxygen atoms in total. The molecule has 118 valence electrons. The molecule has 1 saturated heterocycles. The molecule has 2 aromatic rings. The van der Waals surface area contributed by atoms with Crippen LogP contribution in [0.1, 0.15) is 24.6 Å². The number of nitrogens with one attached hydrogen (secondary N) is 1. The molecule has 6 heteroatoms. The first-order valence-corrected chi connectivity index (χ1v) is 9.85. The molecule has 0 saturated carbocycles. The molecule has 1 aliphatic rings. The predicted molar refractivity (Wildman–Crippen MR) is 92.4 cm³/mol. The van der Waals surface area contributed by atoms with Crippen molar-refractivity contribution in [3.8, 4) is 0 Å². The van der Waals surface area contributed by atoms with Crippen LogP contribution in [-0.4, -0.2) is 21.5 Å². The molecule has 2 heterocycles. The number of hydrogen-bond acceptors (Lipinski definition) is 4. The summed E-state index contributed by atoms with van der Waals surface area (Å²) >= 11 is 1.33. The van der Waals surface area contributed by atoms with Gasteiger partial charge in [0.25, 0.3) is 10.0 Å². The maximum Gasteiger partial charge on any atom is 0.271 e. The fraction of sp³-hybridized carbons (Fsp3) is 0.375. The summed E-state index contributed by atoms with van der Waals surface area (Å²) in [5, 5.41) is 0. The zero-order valence-electron chi connectivity index (χ0n) is 12.6. The SMILES string of the molecule is CCc1ccc(S(=O)(=O)Nc2cccc(N3CCCC3)c2)s1. The molecule has 0 aliphatic carbocycles. The smallest absolute Gasteiger partial charge is 0.271 e. The molecular formula is C16H20N2O2S2. The lowest BCUT2D eigenvalue weighted by Gasteiger charge is -2.18. The van der Waals surface area contributed by atoms with Gasteiger partial charge in [-0.1, -0.05) is 13.0 Å². The molecule has 1 aliphatic heterocycles. The first kappa shape index (κ1) is 15.4. The second kappa shape index (κ2) is 6.30. The maximum absolute atomic E-state index is 12.4. The zero-order chi connectivity index (χ0) is 15.6. The average Bonchev–Trinajstić information content (AvgIpc) is 3.19. The number of rotatable bonds is 5. The number of thiophene rings is 1. The van der Waals surface area contributed by atoms with E-state index in [1.54, 1.807) is 12.1 Å². The standard InChI is InChI=1S/C16H20N2O2S2/c1-2-15-8-9-16(21-15)22(19,20)17-13-6-5-7-14(12-13)18-10-3-4-11-18/h5-9,12,17H,2-4,10-11H2,1H3. The van der Waals surface area contributed by atoms with Gasteiger partial charge in [0.2, 0.25) is 0 Å². The average molecular weight is 336 g/mol. The van der Waals surface area contributed by atoms with Crippen LogP contribution in [0.2, 0.25) is 0 Å². The first-order valence-electron chi connectivity index (χ1n) is 7.55. The normalized spacial score (nSPS) is 15.2. The van der Waals surface area contributed by atoms with Crippen LogP contribution in [0.15, 0.2) is 40.6 Å². The first-order chi connectivity index (χ1) is 10.6. The van der Waals surface area contributed by atoms with Crippen molar-refractivity contribution in [3.63, 3.8) is 0 Å². The van der Waals surface area contributed by atoms with Gasteiger partial charge in [-0.05, 0) is 49.6 Å². The van der Waals surface area contributed by atoms with Crippen molar-refractivity contribution in [1.29, 1.82) is 0 Å². The lowest BCUT2D eigenvalue weighted by Crippen LogP contribution is -2.18. The highest BCUT2D eigenvalue weighted by atomic mass is 32.2. The summed E-state index contributed by atoms with van der Waals surface area (Å²) in [7, 11) is -3.49. The van der Waals surface area contributed by atoms with E-state index in [2.05, 4.69) is 9.62 Å². The summed E-state index contributed by atoms with van der Waals surface area (Å²) in [4.78, 5) is 3.36. The van der Waals surface area contributed by atoms with Crippen LogP contribution < -0.4 is 9.62 Å². The minimum atomic E-state index is -3.49. The Bertz CT molecular complexity index is 747. The van der Waals surface area contributed by atoms with Gasteiger partial charge in [-0.25, -0.2) is 8.42 Å². The lowest BCUT2D eigenvalue weighted by atomic mass is 10.2. The highest BCUT2D eigenvalue weighted by molar-refractivity contribution is 7.94. The monoisotopic (exact) mass is 336 g/mol. The second-order valence-corrected chi connectivity index (χ2v) is 8.50. The van der Waals surface area contributed by atoms with Gasteiger partial charge >= 0.3 is 0 Å². The Balaban J connectivity index is 1.81. The van der Waals surface area contributed by atoms with Gasteiger partial charge in [0.15, 0.2) is 0 Å². The van der Waals surface area contributed by atoms with Crippen LogP contribution in [0.4, 0.5) is 11.4 Å². The fourth-order valence-electron chi connectivity index (χ4n) is 2.64. The van der Waals surface area contributed by atoms with Gasteiger partial charge in [-0.15, -0.1) is 11.3 Å². The Labute approximate surface area is 135 Å². The molecule has 0 unspecified atom stereocenters. The van der Waals surface area contributed by atoms with E-state index < -0.39 is 10.0 Å². The molecule has 1 N–H and O–H groups in total. The molecule has 0 radical (unpaired) electrons. The summed E-state index contributed by atoms with van der Waals surface area (Å²) in [5.41, 5.74) is 1.70. The maximum atomic E-state index is 12.4. The largest absolute Gasteiger partial charge is 0.371 e. The van der Waals surface area contributed by atoms with Crippen molar-refractivity contribution in [2.24, 2.45) is 0 Å². The van der Waals surface area contributed by atoms with E-state index in [1.807, 2.05) is 31.2 Å². The topological polar surface area (TPSA) is 49.4 Å². The van der Waals surface area contributed by atoms with Crippen molar-refractivity contribution >= 4 is 32.7 Å². The van der Waals surface area contributed by atoms with Gasteiger partial charge in [-0.2, -0.15) is 0 Å². The number of benzene rings is 1. The van der Waals surface area contributed by atoms with E-state index in [-0.39, 0.29) is 0 Å². The molecule has 0 bridgehead atoms. The van der Waals surface area contributed by atoms with Crippen LogP contribution in [0, 0.1) is 0 Å². The van der Waals surface area contributed by atoms with E-state index in [0.717, 1.165) is 30.1 Å².